The first kappa shape index (κ1) is 12.9. The number of benzene rings is 1. The highest BCUT2D eigenvalue weighted by molar-refractivity contribution is 5.54. The molecule has 0 heterocycles. The molecule has 1 rings (SSSR count). The zero-order valence-corrected chi connectivity index (χ0v) is 10.6. The van der Waals surface area contributed by atoms with Crippen LogP contribution in [-0.4, -0.2) is 6.10 Å². The Morgan fingerprint density at radius 1 is 1.31 bits per heavy atom. The molecule has 90 valence electrons. The summed E-state index contributed by atoms with van der Waals surface area (Å²) in [5.74, 6) is 0.814. The van der Waals surface area contributed by atoms with E-state index in [0.717, 1.165) is 17.9 Å². The maximum Gasteiger partial charge on any atom is 0.142 e. The second-order valence-electron chi connectivity index (χ2n) is 4.47. The van der Waals surface area contributed by atoms with E-state index < -0.39 is 0 Å². The van der Waals surface area contributed by atoms with Gasteiger partial charge in [-0.1, -0.05) is 25.8 Å². The van der Waals surface area contributed by atoms with Crippen molar-refractivity contribution >= 4 is 5.69 Å². The first-order valence-electron chi connectivity index (χ1n) is 6.16. The highest BCUT2D eigenvalue weighted by Gasteiger charge is 2.06. The zero-order valence-electron chi connectivity index (χ0n) is 10.6. The molecule has 0 aliphatic carbocycles. The zero-order chi connectivity index (χ0) is 12.0. The summed E-state index contributed by atoms with van der Waals surface area (Å²) in [7, 11) is 0. The van der Waals surface area contributed by atoms with Crippen molar-refractivity contribution in [1.29, 1.82) is 0 Å². The van der Waals surface area contributed by atoms with E-state index >= 15 is 0 Å². The normalized spacial score (nSPS) is 12.4. The fourth-order valence-electron chi connectivity index (χ4n) is 1.73. The molecule has 0 fully saturated rings. The molecular weight excluding hydrogens is 198 g/mol. The molecule has 0 radical (unpaired) electrons. The second-order valence-corrected chi connectivity index (χ2v) is 4.47. The molecule has 0 bridgehead atoms. The van der Waals surface area contributed by atoms with Gasteiger partial charge in [0.05, 0.1) is 11.8 Å². The standard InChI is InChI=1S/C14H23NO/c1-4-5-6-7-12(3)16-14-9-8-11(2)10-13(14)15/h8-10,12H,4-7,15H2,1-3H3/t12-/m1/s1. The number of aryl methyl sites for hydroxylation is 1. The van der Waals surface area contributed by atoms with E-state index in [2.05, 4.69) is 13.8 Å². The van der Waals surface area contributed by atoms with Crippen molar-refractivity contribution < 1.29 is 4.74 Å². The van der Waals surface area contributed by atoms with Gasteiger partial charge in [0.15, 0.2) is 0 Å². The Morgan fingerprint density at radius 3 is 2.69 bits per heavy atom. The minimum Gasteiger partial charge on any atom is -0.489 e. The number of ether oxygens (including phenoxy) is 1. The van der Waals surface area contributed by atoms with E-state index in [-0.39, 0.29) is 6.10 Å². The van der Waals surface area contributed by atoms with Crippen LogP contribution in [0.2, 0.25) is 0 Å². The van der Waals surface area contributed by atoms with E-state index in [1.54, 1.807) is 0 Å². The average molecular weight is 221 g/mol. The SMILES string of the molecule is CCCCC[C@@H](C)Oc1ccc(C)cc1N. The molecule has 0 saturated carbocycles. The van der Waals surface area contributed by atoms with Gasteiger partial charge in [-0.2, -0.15) is 0 Å². The van der Waals surface area contributed by atoms with Crippen molar-refractivity contribution in [2.75, 3.05) is 5.73 Å². The first-order chi connectivity index (χ1) is 7.63. The summed E-state index contributed by atoms with van der Waals surface area (Å²) >= 11 is 0. The van der Waals surface area contributed by atoms with Gasteiger partial charge in [0.1, 0.15) is 5.75 Å². The summed E-state index contributed by atoms with van der Waals surface area (Å²) < 4.78 is 5.82. The van der Waals surface area contributed by atoms with Crippen LogP contribution in [0.3, 0.4) is 0 Å². The lowest BCUT2D eigenvalue weighted by atomic mass is 10.1. The largest absolute Gasteiger partial charge is 0.489 e. The molecule has 2 nitrogen and oxygen atoms in total. The Bertz CT molecular complexity index is 323. The van der Waals surface area contributed by atoms with Crippen LogP contribution in [0.4, 0.5) is 5.69 Å². The van der Waals surface area contributed by atoms with Gasteiger partial charge in [0.2, 0.25) is 0 Å². The van der Waals surface area contributed by atoms with Gasteiger partial charge in [-0.25, -0.2) is 0 Å². The van der Waals surface area contributed by atoms with Gasteiger partial charge < -0.3 is 10.5 Å². The number of hydrogen-bond donors (Lipinski definition) is 1. The quantitative estimate of drug-likeness (QED) is 0.583. The molecule has 0 spiro atoms. The summed E-state index contributed by atoms with van der Waals surface area (Å²) in [4.78, 5) is 0. The molecule has 0 aromatic heterocycles. The van der Waals surface area contributed by atoms with E-state index in [0.29, 0.717) is 0 Å². The summed E-state index contributed by atoms with van der Waals surface area (Å²) in [6.45, 7) is 6.35. The maximum absolute atomic E-state index is 5.90. The van der Waals surface area contributed by atoms with Crippen LogP contribution in [0, 0.1) is 6.92 Å². The van der Waals surface area contributed by atoms with Crippen molar-refractivity contribution in [1.82, 2.24) is 0 Å². The summed E-state index contributed by atoms with van der Waals surface area (Å²) in [5.41, 5.74) is 7.81. The Kier molecular flexibility index (Phi) is 5.17. The number of nitrogen functional groups attached to an aromatic ring is 1. The van der Waals surface area contributed by atoms with E-state index in [9.17, 15) is 0 Å². The highest BCUT2D eigenvalue weighted by atomic mass is 16.5. The van der Waals surface area contributed by atoms with Crippen molar-refractivity contribution in [2.45, 2.75) is 52.6 Å². The van der Waals surface area contributed by atoms with Crippen LogP contribution in [0.15, 0.2) is 18.2 Å². The van der Waals surface area contributed by atoms with Gasteiger partial charge in [-0.05, 0) is 44.4 Å². The third-order valence-electron chi connectivity index (χ3n) is 2.71. The highest BCUT2D eigenvalue weighted by Crippen LogP contribution is 2.24. The fraction of sp³-hybridized carbons (Fsp3) is 0.571. The minimum absolute atomic E-state index is 0.247. The topological polar surface area (TPSA) is 35.2 Å². The molecule has 0 unspecified atom stereocenters. The van der Waals surface area contributed by atoms with Gasteiger partial charge in [-0.15, -0.1) is 0 Å². The third kappa shape index (κ3) is 4.13. The molecular formula is C14H23NO. The van der Waals surface area contributed by atoms with Crippen molar-refractivity contribution in [3.05, 3.63) is 23.8 Å². The van der Waals surface area contributed by atoms with Crippen LogP contribution < -0.4 is 10.5 Å². The molecule has 2 N–H and O–H groups in total. The molecule has 1 atom stereocenters. The maximum atomic E-state index is 5.90. The average Bonchev–Trinajstić information content (AvgIpc) is 2.23. The van der Waals surface area contributed by atoms with Crippen molar-refractivity contribution in [2.24, 2.45) is 0 Å². The number of rotatable bonds is 6. The molecule has 0 amide bonds. The Hall–Kier alpha value is -1.18. The second kappa shape index (κ2) is 6.41. The van der Waals surface area contributed by atoms with E-state index in [1.807, 2.05) is 25.1 Å². The van der Waals surface area contributed by atoms with E-state index in [1.165, 1.54) is 24.8 Å². The number of unbranched alkanes of at least 4 members (excludes halogenated alkanes) is 2. The molecule has 16 heavy (non-hydrogen) atoms. The van der Waals surface area contributed by atoms with Crippen LogP contribution >= 0.6 is 0 Å². The van der Waals surface area contributed by atoms with Crippen LogP contribution in [0.25, 0.3) is 0 Å². The molecule has 0 aliphatic rings. The summed E-state index contributed by atoms with van der Waals surface area (Å²) in [5, 5.41) is 0. The Labute approximate surface area is 98.8 Å². The number of anilines is 1. The predicted molar refractivity (Wildman–Crippen MR) is 69.8 cm³/mol. The van der Waals surface area contributed by atoms with Gasteiger partial charge in [-0.3, -0.25) is 0 Å². The monoisotopic (exact) mass is 221 g/mol. The van der Waals surface area contributed by atoms with Crippen LogP contribution in [0.5, 0.6) is 5.75 Å². The van der Waals surface area contributed by atoms with Crippen molar-refractivity contribution in [3.8, 4) is 5.75 Å². The minimum atomic E-state index is 0.247. The fourth-order valence-corrected chi connectivity index (χ4v) is 1.73. The smallest absolute Gasteiger partial charge is 0.142 e. The van der Waals surface area contributed by atoms with E-state index in [4.69, 9.17) is 10.5 Å². The van der Waals surface area contributed by atoms with Gasteiger partial charge >= 0.3 is 0 Å². The van der Waals surface area contributed by atoms with Gasteiger partial charge in [0.25, 0.3) is 0 Å². The van der Waals surface area contributed by atoms with Crippen molar-refractivity contribution in [3.63, 3.8) is 0 Å². The Balaban J connectivity index is 2.46. The first-order valence-corrected chi connectivity index (χ1v) is 6.16. The third-order valence-corrected chi connectivity index (χ3v) is 2.71. The lowest BCUT2D eigenvalue weighted by Gasteiger charge is -2.16. The Morgan fingerprint density at radius 2 is 2.06 bits per heavy atom. The van der Waals surface area contributed by atoms with Gasteiger partial charge in [0, 0.05) is 0 Å². The van der Waals surface area contributed by atoms with Crippen LogP contribution in [0.1, 0.15) is 45.1 Å². The summed E-state index contributed by atoms with van der Waals surface area (Å²) in [6, 6.07) is 5.94. The molecule has 1 aromatic carbocycles. The van der Waals surface area contributed by atoms with Crippen LogP contribution in [-0.2, 0) is 0 Å². The lowest BCUT2D eigenvalue weighted by Crippen LogP contribution is -2.12. The number of nitrogens with two attached hydrogens (primary N) is 1. The molecule has 0 saturated heterocycles. The molecule has 2 heteroatoms. The predicted octanol–water partition coefficient (Wildman–Crippen LogP) is 3.92. The number of hydrogen-bond acceptors (Lipinski definition) is 2. The molecule has 1 aromatic rings. The molecule has 0 aliphatic heterocycles. The summed E-state index contributed by atoms with van der Waals surface area (Å²) in [6.07, 6.45) is 5.10. The lowest BCUT2D eigenvalue weighted by molar-refractivity contribution is 0.208.